The molecule has 0 N–H and O–H groups in total. The summed E-state index contributed by atoms with van der Waals surface area (Å²) in [5.74, 6) is 0.210. The second-order valence-electron chi connectivity index (χ2n) is 7.96. The zero-order valence-electron chi connectivity index (χ0n) is 15.3. The topological polar surface area (TPSA) is 45.2 Å². The van der Waals surface area contributed by atoms with E-state index in [2.05, 4.69) is 23.9 Å². The zero-order chi connectivity index (χ0) is 17.0. The van der Waals surface area contributed by atoms with E-state index >= 15 is 0 Å². The number of hydrogen-bond acceptors (Lipinski definition) is 5. The molecule has 6 nitrogen and oxygen atoms in total. The first-order valence-electron chi connectivity index (χ1n) is 9.43. The third kappa shape index (κ3) is 4.48. The second kappa shape index (κ2) is 8.13. The van der Waals surface area contributed by atoms with Gasteiger partial charge >= 0.3 is 0 Å². The lowest BCUT2D eigenvalue weighted by Crippen LogP contribution is -2.51. The van der Waals surface area contributed by atoms with Crippen molar-refractivity contribution in [3.05, 3.63) is 0 Å². The van der Waals surface area contributed by atoms with Crippen LogP contribution in [0.15, 0.2) is 0 Å². The van der Waals surface area contributed by atoms with Gasteiger partial charge in [0.1, 0.15) is 6.10 Å². The van der Waals surface area contributed by atoms with Crippen molar-refractivity contribution in [3.8, 4) is 0 Å². The average molecular weight is 339 g/mol. The Hall–Kier alpha value is -0.690. The number of ether oxygens (including phenoxy) is 2. The predicted molar refractivity (Wildman–Crippen MR) is 93.0 cm³/mol. The largest absolute Gasteiger partial charge is 0.379 e. The van der Waals surface area contributed by atoms with E-state index in [4.69, 9.17) is 9.47 Å². The minimum absolute atomic E-state index is 0.180. The van der Waals surface area contributed by atoms with Crippen molar-refractivity contribution in [2.24, 2.45) is 5.41 Å². The molecular weight excluding hydrogens is 306 g/mol. The van der Waals surface area contributed by atoms with Crippen LogP contribution in [0.3, 0.4) is 0 Å². The van der Waals surface area contributed by atoms with Gasteiger partial charge in [0.25, 0.3) is 5.91 Å². The lowest BCUT2D eigenvalue weighted by molar-refractivity contribution is -0.144. The van der Waals surface area contributed by atoms with Crippen LogP contribution >= 0.6 is 0 Å². The maximum absolute atomic E-state index is 12.5. The molecule has 3 aliphatic rings. The molecule has 3 saturated heterocycles. The number of amides is 1. The van der Waals surface area contributed by atoms with Gasteiger partial charge in [-0.1, -0.05) is 0 Å². The molecular formula is C18H33N3O3. The molecule has 0 aromatic carbocycles. The van der Waals surface area contributed by atoms with Crippen molar-refractivity contribution in [2.45, 2.75) is 31.8 Å². The van der Waals surface area contributed by atoms with Crippen LogP contribution in [0.2, 0.25) is 0 Å². The molecule has 0 aromatic rings. The first-order valence-corrected chi connectivity index (χ1v) is 9.43. The second-order valence-corrected chi connectivity index (χ2v) is 7.96. The number of likely N-dealkylation sites (N-methyl/N-ethyl adjacent to an activating group) is 1. The Morgan fingerprint density at radius 1 is 1.21 bits per heavy atom. The van der Waals surface area contributed by atoms with Crippen LogP contribution in [-0.2, 0) is 14.3 Å². The fraction of sp³-hybridized carbons (Fsp3) is 0.944. The smallest absolute Gasteiger partial charge is 0.251 e. The van der Waals surface area contributed by atoms with E-state index in [1.807, 2.05) is 4.90 Å². The molecule has 24 heavy (non-hydrogen) atoms. The molecule has 138 valence electrons. The van der Waals surface area contributed by atoms with Crippen molar-refractivity contribution in [1.29, 1.82) is 0 Å². The fourth-order valence-electron chi connectivity index (χ4n) is 4.09. The quantitative estimate of drug-likeness (QED) is 0.753. The van der Waals surface area contributed by atoms with Gasteiger partial charge in [0.15, 0.2) is 0 Å². The number of carbonyl (C=O) groups excluding carboxylic acids is 1. The monoisotopic (exact) mass is 339 g/mol. The molecule has 0 bridgehead atoms. The first-order chi connectivity index (χ1) is 11.6. The van der Waals surface area contributed by atoms with Gasteiger partial charge in [-0.05, 0) is 39.8 Å². The van der Waals surface area contributed by atoms with Gasteiger partial charge in [0.05, 0.1) is 13.2 Å². The SMILES string of the molecule is CN(C)CCN1CCOCC2(CCN(C(=O)[C@@H]3CCCO3)CC2)C1. The maximum atomic E-state index is 12.5. The summed E-state index contributed by atoms with van der Waals surface area (Å²) in [6, 6.07) is 0. The van der Waals surface area contributed by atoms with E-state index in [9.17, 15) is 4.79 Å². The minimum Gasteiger partial charge on any atom is -0.379 e. The molecule has 0 radical (unpaired) electrons. The summed E-state index contributed by atoms with van der Waals surface area (Å²) in [5.41, 5.74) is 0.218. The molecule has 3 rings (SSSR count). The molecule has 0 saturated carbocycles. The van der Waals surface area contributed by atoms with Crippen LogP contribution in [0.1, 0.15) is 25.7 Å². The Kier molecular flexibility index (Phi) is 6.13. The summed E-state index contributed by atoms with van der Waals surface area (Å²) in [7, 11) is 4.25. The molecule has 1 atom stereocenters. The Morgan fingerprint density at radius 2 is 2.00 bits per heavy atom. The molecule has 3 heterocycles. The van der Waals surface area contributed by atoms with E-state index in [1.54, 1.807) is 0 Å². The number of piperidine rings is 1. The third-order valence-electron chi connectivity index (χ3n) is 5.72. The van der Waals surface area contributed by atoms with E-state index in [0.29, 0.717) is 0 Å². The van der Waals surface area contributed by atoms with Crippen molar-refractivity contribution in [2.75, 3.05) is 73.2 Å². The molecule has 1 amide bonds. The number of rotatable bonds is 4. The molecule has 3 fully saturated rings. The van der Waals surface area contributed by atoms with Gasteiger partial charge in [-0.3, -0.25) is 9.69 Å². The molecule has 6 heteroatoms. The van der Waals surface area contributed by atoms with E-state index in [0.717, 1.165) is 84.8 Å². The summed E-state index contributed by atoms with van der Waals surface area (Å²) in [4.78, 5) is 19.3. The van der Waals surface area contributed by atoms with Gasteiger partial charge in [-0.2, -0.15) is 0 Å². The molecule has 0 aromatic heterocycles. The van der Waals surface area contributed by atoms with E-state index < -0.39 is 0 Å². The van der Waals surface area contributed by atoms with Gasteiger partial charge in [-0.25, -0.2) is 0 Å². The zero-order valence-corrected chi connectivity index (χ0v) is 15.3. The highest BCUT2D eigenvalue weighted by Gasteiger charge is 2.40. The van der Waals surface area contributed by atoms with Crippen LogP contribution in [0.25, 0.3) is 0 Å². The van der Waals surface area contributed by atoms with Crippen molar-refractivity contribution in [1.82, 2.24) is 14.7 Å². The Balaban J connectivity index is 1.53. The highest BCUT2D eigenvalue weighted by atomic mass is 16.5. The Bertz CT molecular complexity index is 416. The number of carbonyl (C=O) groups is 1. The summed E-state index contributed by atoms with van der Waals surface area (Å²) >= 11 is 0. The highest BCUT2D eigenvalue weighted by Crippen LogP contribution is 2.35. The Morgan fingerprint density at radius 3 is 2.67 bits per heavy atom. The third-order valence-corrected chi connectivity index (χ3v) is 5.72. The van der Waals surface area contributed by atoms with Gasteiger partial charge in [0.2, 0.25) is 0 Å². The molecule has 1 spiro atoms. The van der Waals surface area contributed by atoms with Crippen LogP contribution < -0.4 is 0 Å². The normalized spacial score (nSPS) is 28.5. The van der Waals surface area contributed by atoms with Crippen LogP contribution in [-0.4, -0.2) is 99.9 Å². The minimum atomic E-state index is -0.180. The molecule has 3 aliphatic heterocycles. The molecule has 0 aliphatic carbocycles. The summed E-state index contributed by atoms with van der Waals surface area (Å²) < 4.78 is 11.5. The number of nitrogens with zero attached hydrogens (tertiary/aromatic N) is 3. The number of likely N-dealkylation sites (tertiary alicyclic amines) is 1. The standard InChI is InChI=1S/C18H33N3O3/c1-19(2)9-10-20-11-13-23-15-18(14-20)5-7-21(8-6-18)17(22)16-4-3-12-24-16/h16H,3-15H2,1-2H3/t16-/m0/s1. The average Bonchev–Trinajstić information content (AvgIpc) is 3.04. The first kappa shape index (κ1) is 18.1. The van der Waals surface area contributed by atoms with E-state index in [-0.39, 0.29) is 17.4 Å². The summed E-state index contributed by atoms with van der Waals surface area (Å²) in [6.45, 7) is 8.41. The van der Waals surface area contributed by atoms with E-state index in [1.165, 1.54) is 0 Å². The van der Waals surface area contributed by atoms with Crippen molar-refractivity contribution < 1.29 is 14.3 Å². The van der Waals surface area contributed by atoms with Crippen LogP contribution in [0.5, 0.6) is 0 Å². The fourth-order valence-corrected chi connectivity index (χ4v) is 4.09. The predicted octanol–water partition coefficient (Wildman–Crippen LogP) is 0.668. The van der Waals surface area contributed by atoms with Gasteiger partial charge < -0.3 is 19.3 Å². The molecule has 0 unspecified atom stereocenters. The lowest BCUT2D eigenvalue weighted by atomic mass is 9.78. The van der Waals surface area contributed by atoms with Crippen LogP contribution in [0, 0.1) is 5.41 Å². The van der Waals surface area contributed by atoms with Crippen LogP contribution in [0.4, 0.5) is 0 Å². The van der Waals surface area contributed by atoms with Crippen molar-refractivity contribution in [3.63, 3.8) is 0 Å². The van der Waals surface area contributed by atoms with Gasteiger partial charge in [0, 0.05) is 51.3 Å². The van der Waals surface area contributed by atoms with Gasteiger partial charge in [-0.15, -0.1) is 0 Å². The lowest BCUT2D eigenvalue weighted by Gasteiger charge is -2.43. The Labute approximate surface area is 146 Å². The van der Waals surface area contributed by atoms with Crippen molar-refractivity contribution >= 4 is 5.91 Å². The summed E-state index contributed by atoms with van der Waals surface area (Å²) in [5, 5.41) is 0. The highest BCUT2D eigenvalue weighted by molar-refractivity contribution is 5.81. The summed E-state index contributed by atoms with van der Waals surface area (Å²) in [6.07, 6.45) is 3.82. The number of hydrogen-bond donors (Lipinski definition) is 0. The maximum Gasteiger partial charge on any atom is 0.251 e.